The second-order valence-corrected chi connectivity index (χ2v) is 9.30. The van der Waals surface area contributed by atoms with Gasteiger partial charge in [0.1, 0.15) is 5.82 Å². The fourth-order valence-corrected chi connectivity index (χ4v) is 4.19. The molecule has 4 aromatic rings. The van der Waals surface area contributed by atoms with Gasteiger partial charge in [0.05, 0.1) is 47.9 Å². The highest BCUT2D eigenvalue weighted by atomic mass is 16.5. The zero-order chi connectivity index (χ0) is 28.4. The van der Waals surface area contributed by atoms with Crippen molar-refractivity contribution in [3.05, 3.63) is 59.2 Å². The van der Waals surface area contributed by atoms with Gasteiger partial charge in [0.25, 0.3) is 0 Å². The van der Waals surface area contributed by atoms with Crippen molar-refractivity contribution in [1.29, 1.82) is 0 Å². The fourth-order valence-electron chi connectivity index (χ4n) is 4.19. The van der Waals surface area contributed by atoms with Gasteiger partial charge in [-0.25, -0.2) is 9.97 Å². The van der Waals surface area contributed by atoms with E-state index in [1.54, 1.807) is 6.92 Å². The molecule has 39 heavy (non-hydrogen) atoms. The van der Waals surface area contributed by atoms with Gasteiger partial charge in [0.15, 0.2) is 12.1 Å². The Kier molecular flexibility index (Phi) is 11.2. The van der Waals surface area contributed by atoms with Crippen LogP contribution in [0.25, 0.3) is 22.1 Å². The van der Waals surface area contributed by atoms with Crippen LogP contribution in [-0.2, 0) is 33.9 Å². The van der Waals surface area contributed by atoms with Crippen molar-refractivity contribution in [1.82, 2.24) is 24.4 Å². The van der Waals surface area contributed by atoms with Crippen LogP contribution in [0, 0.1) is 13.8 Å². The molecule has 3 N–H and O–H groups in total. The number of nitrogens with one attached hydrogen (secondary N) is 1. The number of amides is 1. The first-order chi connectivity index (χ1) is 18.8. The molecule has 0 radical (unpaired) electrons. The summed E-state index contributed by atoms with van der Waals surface area (Å²) in [6, 6.07) is 11.8. The summed E-state index contributed by atoms with van der Waals surface area (Å²) < 4.78 is 14.8. The Labute approximate surface area is 229 Å². The molecule has 10 nitrogen and oxygen atoms in total. The number of hydrogen-bond acceptors (Lipinski definition) is 7. The van der Waals surface area contributed by atoms with E-state index < -0.39 is 0 Å². The van der Waals surface area contributed by atoms with Gasteiger partial charge in [-0.3, -0.25) is 14.9 Å². The third kappa shape index (κ3) is 7.95. The topological polar surface area (TPSA) is 126 Å². The van der Waals surface area contributed by atoms with E-state index in [0.717, 1.165) is 46.3 Å². The summed E-state index contributed by atoms with van der Waals surface area (Å²) in [6.45, 7) is 14.3. The zero-order valence-corrected chi connectivity index (χ0v) is 23.6. The first-order valence-electron chi connectivity index (χ1n) is 13.3. The Hall–Kier alpha value is -3.60. The van der Waals surface area contributed by atoms with Gasteiger partial charge in [-0.05, 0) is 70.0 Å². The molecule has 0 aliphatic heterocycles. The first-order valence-corrected chi connectivity index (χ1v) is 13.3. The molecule has 4 rings (SSSR count). The monoisotopic (exact) mass is 536 g/mol. The van der Waals surface area contributed by atoms with Gasteiger partial charge >= 0.3 is 0 Å². The smallest absolute Gasteiger partial charge is 0.234 e. The fraction of sp³-hybridized carbons (Fsp3) is 0.448. The van der Waals surface area contributed by atoms with Gasteiger partial charge in [0, 0.05) is 26.3 Å². The average Bonchev–Trinajstić information content (AvgIpc) is 3.44. The minimum Gasteiger partial charge on any atom is -0.380 e. The number of rotatable bonds is 13. The lowest BCUT2D eigenvalue weighted by atomic mass is 10.2. The molecular weight excluding hydrogens is 496 g/mol. The molecule has 2 aromatic heterocycles. The van der Waals surface area contributed by atoms with Crippen LogP contribution in [0.4, 0.5) is 0 Å². The van der Waals surface area contributed by atoms with Crippen molar-refractivity contribution in [2.75, 3.05) is 26.4 Å². The predicted molar refractivity (Wildman–Crippen MR) is 153 cm³/mol. The van der Waals surface area contributed by atoms with Gasteiger partial charge in [-0.1, -0.05) is 12.1 Å². The summed E-state index contributed by atoms with van der Waals surface area (Å²) >= 11 is 0. The van der Waals surface area contributed by atoms with Crippen molar-refractivity contribution in [2.45, 2.75) is 60.3 Å². The molecule has 10 heteroatoms. The van der Waals surface area contributed by atoms with E-state index in [4.69, 9.17) is 15.2 Å². The number of ether oxygens (including phenoxy) is 2. The number of aromatic nitrogens is 4. The van der Waals surface area contributed by atoms with Gasteiger partial charge < -0.3 is 24.3 Å². The standard InChI is InChI=1S/C16H24N4O2.C13H16N2O2/c1-4-22-8-7-20-14-9-11(2)5-6-13(14)19-15(20)10-18-12(3)16(17)21;1-3-17-7-6-15-12-8-10(2)4-5-11(12)14-13(15)9-16/h5-6,9,12,18H,4,7-8,10H2,1-3H3,(H2,17,21);4-5,8-9H,3,6-7H2,1-2H3/t12-;/m0./s1. The van der Waals surface area contributed by atoms with Crippen LogP contribution < -0.4 is 11.1 Å². The number of hydrogen-bond donors (Lipinski definition) is 2. The Bertz CT molecular complexity index is 1390. The highest BCUT2D eigenvalue weighted by Crippen LogP contribution is 2.19. The van der Waals surface area contributed by atoms with Crippen molar-refractivity contribution in [2.24, 2.45) is 5.73 Å². The lowest BCUT2D eigenvalue weighted by molar-refractivity contribution is -0.119. The van der Waals surface area contributed by atoms with E-state index in [2.05, 4.69) is 32.8 Å². The van der Waals surface area contributed by atoms with E-state index in [-0.39, 0.29) is 11.9 Å². The molecule has 0 saturated heterocycles. The molecule has 2 heterocycles. The van der Waals surface area contributed by atoms with Crippen LogP contribution in [0.3, 0.4) is 0 Å². The molecule has 0 bridgehead atoms. The highest BCUT2D eigenvalue weighted by molar-refractivity contribution is 5.83. The van der Waals surface area contributed by atoms with E-state index >= 15 is 0 Å². The Balaban J connectivity index is 0.000000223. The summed E-state index contributed by atoms with van der Waals surface area (Å²) in [6.07, 6.45) is 0.793. The summed E-state index contributed by atoms with van der Waals surface area (Å²) in [4.78, 5) is 31.1. The van der Waals surface area contributed by atoms with Crippen molar-refractivity contribution < 1.29 is 19.1 Å². The molecule has 0 aliphatic carbocycles. The predicted octanol–water partition coefficient (Wildman–Crippen LogP) is 3.54. The molecular formula is C29H40N6O4. The number of imidazole rings is 2. The van der Waals surface area contributed by atoms with E-state index in [1.165, 1.54) is 5.56 Å². The van der Waals surface area contributed by atoms with Crippen LogP contribution in [0.15, 0.2) is 36.4 Å². The van der Waals surface area contributed by atoms with Crippen LogP contribution >= 0.6 is 0 Å². The van der Waals surface area contributed by atoms with E-state index in [9.17, 15) is 9.59 Å². The molecule has 0 saturated carbocycles. The highest BCUT2D eigenvalue weighted by Gasteiger charge is 2.14. The number of benzene rings is 2. The van der Waals surface area contributed by atoms with Crippen molar-refractivity contribution in [3.8, 4) is 0 Å². The van der Waals surface area contributed by atoms with Gasteiger partial charge in [-0.2, -0.15) is 0 Å². The summed E-state index contributed by atoms with van der Waals surface area (Å²) in [5.74, 6) is 0.978. The molecule has 210 valence electrons. The Morgan fingerprint density at radius 3 is 2.03 bits per heavy atom. The zero-order valence-electron chi connectivity index (χ0n) is 23.6. The van der Waals surface area contributed by atoms with Crippen LogP contribution in [0.5, 0.6) is 0 Å². The van der Waals surface area contributed by atoms with Crippen LogP contribution in [0.2, 0.25) is 0 Å². The molecule has 0 fully saturated rings. The maximum Gasteiger partial charge on any atom is 0.234 e. The summed E-state index contributed by atoms with van der Waals surface area (Å²) in [5.41, 5.74) is 11.5. The van der Waals surface area contributed by atoms with E-state index in [0.29, 0.717) is 45.3 Å². The third-order valence-corrected chi connectivity index (χ3v) is 6.34. The Morgan fingerprint density at radius 1 is 0.949 bits per heavy atom. The normalized spacial score (nSPS) is 11.9. The van der Waals surface area contributed by atoms with Crippen molar-refractivity contribution >= 4 is 34.3 Å². The van der Waals surface area contributed by atoms with Gasteiger partial charge in [0.2, 0.25) is 5.91 Å². The van der Waals surface area contributed by atoms with E-state index in [1.807, 2.05) is 55.7 Å². The minimum atomic E-state index is -0.387. The number of carbonyl (C=O) groups is 2. The molecule has 0 spiro atoms. The molecule has 1 atom stereocenters. The summed E-state index contributed by atoms with van der Waals surface area (Å²) in [5, 5.41) is 3.11. The first kappa shape index (κ1) is 29.9. The number of fused-ring (bicyclic) bond motifs is 2. The van der Waals surface area contributed by atoms with Crippen LogP contribution in [0.1, 0.15) is 48.3 Å². The largest absolute Gasteiger partial charge is 0.380 e. The number of aldehydes is 1. The second kappa shape index (κ2) is 14.5. The molecule has 0 unspecified atom stereocenters. The SMILES string of the molecule is CCOCCn1c(C=O)nc2ccc(C)cc21.CCOCCn1c(CN[C@@H](C)C(N)=O)nc2ccc(C)cc21. The second-order valence-electron chi connectivity index (χ2n) is 9.30. The maximum atomic E-state index is 11.1. The number of primary amides is 1. The Morgan fingerprint density at radius 2 is 1.49 bits per heavy atom. The number of carbonyl (C=O) groups excluding carboxylic acids is 2. The third-order valence-electron chi connectivity index (χ3n) is 6.34. The number of nitrogens with zero attached hydrogens (tertiary/aromatic N) is 4. The number of aryl methyl sites for hydroxylation is 2. The van der Waals surface area contributed by atoms with Gasteiger partial charge in [-0.15, -0.1) is 0 Å². The maximum absolute atomic E-state index is 11.1. The number of nitrogens with two attached hydrogens (primary N) is 1. The average molecular weight is 537 g/mol. The molecule has 2 aromatic carbocycles. The lowest BCUT2D eigenvalue weighted by Gasteiger charge is -2.12. The van der Waals surface area contributed by atoms with Crippen LogP contribution in [-0.4, -0.2) is 63.8 Å². The van der Waals surface area contributed by atoms with Crippen molar-refractivity contribution in [3.63, 3.8) is 0 Å². The molecule has 0 aliphatic rings. The lowest BCUT2D eigenvalue weighted by Crippen LogP contribution is -2.38. The summed E-state index contributed by atoms with van der Waals surface area (Å²) in [7, 11) is 0. The minimum absolute atomic E-state index is 0.368. The quantitative estimate of drug-likeness (QED) is 0.198. The molecule has 1 amide bonds.